The van der Waals surface area contributed by atoms with Crippen LogP contribution in [0.4, 0.5) is 18.9 Å². The molecule has 1 heterocycles. The molecular weight excluding hydrogens is 231 g/mol. The van der Waals surface area contributed by atoms with Crippen LogP contribution in [0.1, 0.15) is 24.5 Å². The first-order chi connectivity index (χ1) is 7.98. The Morgan fingerprint density at radius 2 is 1.59 bits per heavy atom. The average Bonchev–Trinajstić information content (AvgIpc) is 2.80. The van der Waals surface area contributed by atoms with Gasteiger partial charge < -0.3 is 10.0 Å². The van der Waals surface area contributed by atoms with E-state index in [9.17, 15) is 13.2 Å². The van der Waals surface area contributed by atoms with Crippen LogP contribution < -0.4 is 4.90 Å². The Hall–Kier alpha value is -1.23. The van der Waals surface area contributed by atoms with Crippen molar-refractivity contribution in [3.05, 3.63) is 29.8 Å². The van der Waals surface area contributed by atoms with Crippen LogP contribution in [0.25, 0.3) is 0 Å². The normalized spacial score (nSPS) is 18.5. The molecule has 1 aliphatic heterocycles. The van der Waals surface area contributed by atoms with Gasteiger partial charge in [-0.25, -0.2) is 0 Å². The van der Waals surface area contributed by atoms with Crippen molar-refractivity contribution in [2.45, 2.75) is 25.1 Å². The lowest BCUT2D eigenvalue weighted by Gasteiger charge is -2.19. The van der Waals surface area contributed by atoms with Crippen molar-refractivity contribution < 1.29 is 18.3 Å². The zero-order valence-electron chi connectivity index (χ0n) is 9.24. The van der Waals surface area contributed by atoms with Crippen molar-refractivity contribution in [1.29, 1.82) is 0 Å². The first-order valence-corrected chi connectivity index (χ1v) is 5.58. The number of aliphatic hydroxyl groups is 1. The zero-order valence-corrected chi connectivity index (χ0v) is 9.24. The molecule has 0 spiro atoms. The molecule has 1 saturated heterocycles. The Kier molecular flexibility index (Phi) is 3.28. The lowest BCUT2D eigenvalue weighted by molar-refractivity contribution is -0.206. The summed E-state index contributed by atoms with van der Waals surface area (Å²) >= 11 is 0. The van der Waals surface area contributed by atoms with E-state index in [4.69, 9.17) is 5.11 Å². The second-order valence-electron chi connectivity index (χ2n) is 4.23. The molecule has 1 N–H and O–H groups in total. The van der Waals surface area contributed by atoms with Crippen LogP contribution in [-0.4, -0.2) is 24.4 Å². The Morgan fingerprint density at radius 3 is 2.06 bits per heavy atom. The molecule has 1 aromatic rings. The largest absolute Gasteiger partial charge is 0.418 e. The molecule has 0 amide bonds. The third-order valence-electron chi connectivity index (χ3n) is 2.99. The monoisotopic (exact) mass is 245 g/mol. The number of rotatable bonds is 2. The van der Waals surface area contributed by atoms with Crippen LogP contribution in [0.2, 0.25) is 0 Å². The SMILES string of the molecule is O[C@@H](c1ccc(N2CCCC2)cc1)C(F)(F)F. The van der Waals surface area contributed by atoms with Crippen LogP contribution in [0.3, 0.4) is 0 Å². The summed E-state index contributed by atoms with van der Waals surface area (Å²) in [6.45, 7) is 1.89. The minimum Gasteiger partial charge on any atom is -0.379 e. The number of hydrogen-bond donors (Lipinski definition) is 1. The summed E-state index contributed by atoms with van der Waals surface area (Å²) in [7, 11) is 0. The van der Waals surface area contributed by atoms with Gasteiger partial charge in [0.15, 0.2) is 6.10 Å². The molecule has 0 aliphatic carbocycles. The van der Waals surface area contributed by atoms with Gasteiger partial charge in [-0.15, -0.1) is 0 Å². The highest BCUT2D eigenvalue weighted by Gasteiger charge is 2.39. The Morgan fingerprint density at radius 1 is 1.06 bits per heavy atom. The number of nitrogens with zero attached hydrogens (tertiary/aromatic N) is 1. The van der Waals surface area contributed by atoms with Gasteiger partial charge in [-0.05, 0) is 30.5 Å². The van der Waals surface area contributed by atoms with E-state index in [1.807, 2.05) is 0 Å². The van der Waals surface area contributed by atoms with Crippen molar-refractivity contribution in [3.63, 3.8) is 0 Å². The second kappa shape index (κ2) is 4.56. The first kappa shape index (κ1) is 12.2. The van der Waals surface area contributed by atoms with Gasteiger partial charge in [0.25, 0.3) is 0 Å². The third kappa shape index (κ3) is 2.72. The Balaban J connectivity index is 2.12. The van der Waals surface area contributed by atoms with E-state index in [2.05, 4.69) is 4.90 Å². The first-order valence-electron chi connectivity index (χ1n) is 5.58. The molecule has 1 fully saturated rings. The van der Waals surface area contributed by atoms with Crippen molar-refractivity contribution in [1.82, 2.24) is 0 Å². The maximum atomic E-state index is 12.3. The molecule has 17 heavy (non-hydrogen) atoms. The van der Waals surface area contributed by atoms with Gasteiger partial charge in [0, 0.05) is 18.8 Å². The van der Waals surface area contributed by atoms with E-state index in [0.29, 0.717) is 0 Å². The number of anilines is 1. The Labute approximate surface area is 97.7 Å². The molecule has 0 radical (unpaired) electrons. The number of alkyl halides is 3. The summed E-state index contributed by atoms with van der Waals surface area (Å²) in [5.74, 6) is 0. The standard InChI is InChI=1S/C12H14F3NO/c13-12(14,15)11(17)9-3-5-10(6-4-9)16-7-1-2-8-16/h3-6,11,17H,1-2,7-8H2/t11-/m0/s1. The van der Waals surface area contributed by atoms with Crippen LogP contribution in [0.5, 0.6) is 0 Å². The molecule has 2 rings (SSSR count). The summed E-state index contributed by atoms with van der Waals surface area (Å²) in [6, 6.07) is 5.95. The van der Waals surface area contributed by atoms with Gasteiger partial charge in [-0.2, -0.15) is 13.2 Å². The topological polar surface area (TPSA) is 23.5 Å². The van der Waals surface area contributed by atoms with Crippen LogP contribution in [-0.2, 0) is 0 Å². The average molecular weight is 245 g/mol. The molecule has 2 nitrogen and oxygen atoms in total. The van der Waals surface area contributed by atoms with Crippen LogP contribution >= 0.6 is 0 Å². The minimum atomic E-state index is -4.60. The molecule has 0 unspecified atom stereocenters. The lowest BCUT2D eigenvalue weighted by Crippen LogP contribution is -2.21. The van der Waals surface area contributed by atoms with E-state index in [1.165, 1.54) is 12.1 Å². The third-order valence-corrected chi connectivity index (χ3v) is 2.99. The van der Waals surface area contributed by atoms with Gasteiger partial charge in [-0.3, -0.25) is 0 Å². The molecule has 0 aromatic heterocycles. The van der Waals surface area contributed by atoms with Crippen molar-refractivity contribution >= 4 is 5.69 Å². The summed E-state index contributed by atoms with van der Waals surface area (Å²) in [5.41, 5.74) is 0.807. The summed E-state index contributed by atoms with van der Waals surface area (Å²) in [5, 5.41) is 9.07. The molecule has 5 heteroatoms. The minimum absolute atomic E-state index is 0.111. The molecule has 94 valence electrons. The van der Waals surface area contributed by atoms with Gasteiger partial charge in [-0.1, -0.05) is 12.1 Å². The lowest BCUT2D eigenvalue weighted by atomic mass is 10.1. The quantitative estimate of drug-likeness (QED) is 0.866. The molecule has 1 aromatic carbocycles. The fourth-order valence-corrected chi connectivity index (χ4v) is 2.03. The highest BCUT2D eigenvalue weighted by molar-refractivity contribution is 5.48. The summed E-state index contributed by atoms with van der Waals surface area (Å²) < 4.78 is 36.8. The van der Waals surface area contributed by atoms with Crippen molar-refractivity contribution in [2.75, 3.05) is 18.0 Å². The van der Waals surface area contributed by atoms with Gasteiger partial charge >= 0.3 is 6.18 Å². The molecular formula is C12H14F3NO. The van der Waals surface area contributed by atoms with E-state index in [1.54, 1.807) is 12.1 Å². The highest BCUT2D eigenvalue weighted by Crippen LogP contribution is 2.33. The van der Waals surface area contributed by atoms with E-state index in [-0.39, 0.29) is 5.56 Å². The van der Waals surface area contributed by atoms with Crippen LogP contribution in [0.15, 0.2) is 24.3 Å². The fourth-order valence-electron chi connectivity index (χ4n) is 2.03. The summed E-state index contributed by atoms with van der Waals surface area (Å²) in [6.07, 6.45) is -4.76. The van der Waals surface area contributed by atoms with E-state index >= 15 is 0 Å². The van der Waals surface area contributed by atoms with Gasteiger partial charge in [0.05, 0.1) is 0 Å². The van der Waals surface area contributed by atoms with Crippen LogP contribution in [0, 0.1) is 0 Å². The number of aliphatic hydroxyl groups excluding tert-OH is 1. The summed E-state index contributed by atoms with van der Waals surface area (Å²) in [4.78, 5) is 2.13. The smallest absolute Gasteiger partial charge is 0.379 e. The molecule has 1 atom stereocenters. The number of hydrogen-bond acceptors (Lipinski definition) is 2. The number of halogens is 3. The predicted molar refractivity (Wildman–Crippen MR) is 58.9 cm³/mol. The predicted octanol–water partition coefficient (Wildman–Crippen LogP) is 2.88. The maximum absolute atomic E-state index is 12.3. The molecule has 0 bridgehead atoms. The van der Waals surface area contributed by atoms with E-state index in [0.717, 1.165) is 31.6 Å². The second-order valence-corrected chi connectivity index (χ2v) is 4.23. The maximum Gasteiger partial charge on any atom is 0.418 e. The van der Waals surface area contributed by atoms with E-state index < -0.39 is 12.3 Å². The number of benzene rings is 1. The highest BCUT2D eigenvalue weighted by atomic mass is 19.4. The Bertz CT molecular complexity index is 368. The van der Waals surface area contributed by atoms with Crippen molar-refractivity contribution in [3.8, 4) is 0 Å². The van der Waals surface area contributed by atoms with Gasteiger partial charge in [0.1, 0.15) is 0 Å². The van der Waals surface area contributed by atoms with Gasteiger partial charge in [0.2, 0.25) is 0 Å². The zero-order chi connectivity index (χ0) is 12.5. The molecule has 0 saturated carbocycles. The van der Waals surface area contributed by atoms with Crippen molar-refractivity contribution in [2.24, 2.45) is 0 Å². The molecule has 1 aliphatic rings. The fraction of sp³-hybridized carbons (Fsp3) is 0.500.